The van der Waals surface area contributed by atoms with Crippen molar-refractivity contribution >= 4 is 28.9 Å². The molecule has 5 rings (SSSR count). The molecule has 2 amide bonds. The second-order valence-corrected chi connectivity index (χ2v) is 8.18. The quantitative estimate of drug-likeness (QED) is 0.830. The van der Waals surface area contributed by atoms with Crippen molar-refractivity contribution in [3.05, 3.63) is 53.8 Å². The lowest BCUT2D eigenvalue weighted by atomic mass is 9.96. The molecule has 0 aromatic heterocycles. The maximum absolute atomic E-state index is 13.1. The zero-order valence-electron chi connectivity index (χ0n) is 16.8. The van der Waals surface area contributed by atoms with Crippen molar-refractivity contribution in [1.29, 1.82) is 0 Å². The number of fused-ring (bicyclic) bond motifs is 3. The van der Waals surface area contributed by atoms with Crippen molar-refractivity contribution in [2.24, 2.45) is 0 Å². The lowest BCUT2D eigenvalue weighted by molar-refractivity contribution is -0.118. The van der Waals surface area contributed by atoms with Gasteiger partial charge in [-0.15, -0.1) is 0 Å². The number of piperidine rings is 1. The predicted molar refractivity (Wildman–Crippen MR) is 115 cm³/mol. The number of nitrogens with one attached hydrogen (secondary N) is 1. The van der Waals surface area contributed by atoms with Crippen molar-refractivity contribution in [1.82, 2.24) is 4.90 Å². The van der Waals surface area contributed by atoms with Gasteiger partial charge in [-0.2, -0.15) is 0 Å². The van der Waals surface area contributed by atoms with Crippen LogP contribution >= 0.6 is 0 Å². The van der Waals surface area contributed by atoms with Crippen LogP contribution < -0.4 is 15.1 Å². The first-order chi connectivity index (χ1) is 14.6. The molecule has 2 fully saturated rings. The molecule has 30 heavy (non-hydrogen) atoms. The molecule has 0 aliphatic carbocycles. The minimum absolute atomic E-state index is 0.0217. The number of hydrogen-bond acceptors (Lipinski definition) is 4. The van der Waals surface area contributed by atoms with Gasteiger partial charge in [0.05, 0.1) is 11.4 Å². The van der Waals surface area contributed by atoms with E-state index < -0.39 is 0 Å². The summed E-state index contributed by atoms with van der Waals surface area (Å²) in [6, 6.07) is 12.0. The fourth-order valence-electron chi connectivity index (χ4n) is 4.73. The number of halogens is 1. The third-order valence-electron chi connectivity index (χ3n) is 6.37. The topological polar surface area (TPSA) is 55.9 Å². The third kappa shape index (κ3) is 3.38. The van der Waals surface area contributed by atoms with E-state index in [2.05, 4.69) is 15.1 Å². The molecule has 3 aliphatic rings. The number of rotatable bonds is 2. The summed E-state index contributed by atoms with van der Waals surface area (Å²) in [7, 11) is 0. The Morgan fingerprint density at radius 2 is 1.73 bits per heavy atom. The molecule has 2 saturated heterocycles. The average molecular weight is 408 g/mol. The first-order valence-electron chi connectivity index (χ1n) is 10.6. The van der Waals surface area contributed by atoms with Gasteiger partial charge in [-0.3, -0.25) is 9.59 Å². The van der Waals surface area contributed by atoms with Gasteiger partial charge in [0, 0.05) is 44.0 Å². The molecule has 3 aliphatic heterocycles. The Kier molecular flexibility index (Phi) is 4.81. The normalized spacial score (nSPS) is 21.0. The standard InChI is InChI=1S/C23H25FN4O2/c24-17-5-7-18(8-6-17)26-11-13-27(14-12-26)23(30)16-4-9-20-19(15-16)25-22(29)21-3-1-2-10-28(20)21/h4-9,15,21H,1-3,10-14H2,(H,25,29). The highest BCUT2D eigenvalue weighted by molar-refractivity contribution is 6.05. The van der Waals surface area contributed by atoms with Gasteiger partial charge >= 0.3 is 0 Å². The van der Waals surface area contributed by atoms with E-state index in [0.717, 1.165) is 42.9 Å². The summed E-state index contributed by atoms with van der Waals surface area (Å²) in [6.45, 7) is 3.49. The van der Waals surface area contributed by atoms with Gasteiger partial charge in [-0.1, -0.05) is 0 Å². The molecule has 6 nitrogen and oxygen atoms in total. The maximum atomic E-state index is 13.1. The molecule has 7 heteroatoms. The highest BCUT2D eigenvalue weighted by Crippen LogP contribution is 2.36. The molecule has 0 radical (unpaired) electrons. The van der Waals surface area contributed by atoms with Crippen LogP contribution in [0.5, 0.6) is 0 Å². The first kappa shape index (κ1) is 18.9. The Balaban J connectivity index is 1.29. The molecule has 0 saturated carbocycles. The zero-order valence-corrected chi connectivity index (χ0v) is 16.8. The van der Waals surface area contributed by atoms with E-state index in [9.17, 15) is 14.0 Å². The molecule has 0 bridgehead atoms. The van der Waals surface area contributed by atoms with Crippen LogP contribution in [0.15, 0.2) is 42.5 Å². The number of amides is 2. The van der Waals surface area contributed by atoms with E-state index in [1.807, 2.05) is 23.1 Å². The van der Waals surface area contributed by atoms with Crippen molar-refractivity contribution in [2.45, 2.75) is 25.3 Å². The summed E-state index contributed by atoms with van der Waals surface area (Å²) in [5.74, 6) is -0.241. The molecule has 2 aromatic carbocycles. The van der Waals surface area contributed by atoms with E-state index in [4.69, 9.17) is 0 Å². The summed E-state index contributed by atoms with van der Waals surface area (Å²) in [5, 5.41) is 3.00. The maximum Gasteiger partial charge on any atom is 0.254 e. The number of carbonyl (C=O) groups excluding carboxylic acids is 2. The van der Waals surface area contributed by atoms with Crippen LogP contribution in [-0.4, -0.2) is 55.5 Å². The van der Waals surface area contributed by atoms with Gasteiger partial charge in [0.2, 0.25) is 5.91 Å². The van der Waals surface area contributed by atoms with Crippen molar-refractivity contribution in [2.75, 3.05) is 47.8 Å². The number of carbonyl (C=O) groups is 2. The Bertz CT molecular complexity index is 970. The second kappa shape index (κ2) is 7.63. The second-order valence-electron chi connectivity index (χ2n) is 8.18. The minimum Gasteiger partial charge on any atom is -0.368 e. The number of benzene rings is 2. The van der Waals surface area contributed by atoms with Crippen LogP contribution in [0.3, 0.4) is 0 Å². The average Bonchev–Trinajstić information content (AvgIpc) is 2.79. The van der Waals surface area contributed by atoms with E-state index in [-0.39, 0.29) is 23.7 Å². The number of piperazine rings is 1. The fraction of sp³-hybridized carbons (Fsp3) is 0.391. The smallest absolute Gasteiger partial charge is 0.254 e. The van der Waals surface area contributed by atoms with Crippen LogP contribution in [0.25, 0.3) is 0 Å². The summed E-state index contributed by atoms with van der Waals surface area (Å²) in [6.07, 6.45) is 3.04. The molecule has 2 aromatic rings. The minimum atomic E-state index is -0.247. The van der Waals surface area contributed by atoms with Gasteiger partial charge in [0.1, 0.15) is 11.9 Å². The van der Waals surface area contributed by atoms with E-state index in [1.165, 1.54) is 12.1 Å². The summed E-state index contributed by atoms with van der Waals surface area (Å²) >= 11 is 0. The third-order valence-corrected chi connectivity index (χ3v) is 6.37. The summed E-state index contributed by atoms with van der Waals surface area (Å²) in [5.41, 5.74) is 3.31. The van der Waals surface area contributed by atoms with Crippen LogP contribution in [0.2, 0.25) is 0 Å². The molecule has 156 valence electrons. The number of nitrogens with zero attached hydrogens (tertiary/aromatic N) is 3. The van der Waals surface area contributed by atoms with Crippen LogP contribution in [0.1, 0.15) is 29.6 Å². The molecular formula is C23H25FN4O2. The lowest BCUT2D eigenvalue weighted by Gasteiger charge is -2.41. The first-order valence-corrected chi connectivity index (χ1v) is 10.6. The number of anilines is 3. The van der Waals surface area contributed by atoms with E-state index >= 15 is 0 Å². The highest BCUT2D eigenvalue weighted by Gasteiger charge is 2.35. The molecule has 1 unspecified atom stereocenters. The SMILES string of the molecule is O=C1Nc2cc(C(=O)N3CCN(c4ccc(F)cc4)CC3)ccc2N2CCCCC12. The van der Waals surface area contributed by atoms with Crippen LogP contribution in [-0.2, 0) is 4.79 Å². The van der Waals surface area contributed by atoms with Gasteiger partial charge in [-0.25, -0.2) is 4.39 Å². The van der Waals surface area contributed by atoms with Crippen LogP contribution in [0, 0.1) is 5.82 Å². The molecular weight excluding hydrogens is 383 g/mol. The monoisotopic (exact) mass is 408 g/mol. The van der Waals surface area contributed by atoms with Gasteiger partial charge in [-0.05, 0) is 61.7 Å². The zero-order chi connectivity index (χ0) is 20.7. The Labute approximate surface area is 175 Å². The highest BCUT2D eigenvalue weighted by atomic mass is 19.1. The summed E-state index contributed by atoms with van der Waals surface area (Å²) < 4.78 is 13.1. The molecule has 1 N–H and O–H groups in total. The Hall–Kier alpha value is -3.09. The van der Waals surface area contributed by atoms with Crippen molar-refractivity contribution < 1.29 is 14.0 Å². The molecule has 1 atom stereocenters. The fourth-order valence-corrected chi connectivity index (χ4v) is 4.73. The Morgan fingerprint density at radius 3 is 2.50 bits per heavy atom. The van der Waals surface area contributed by atoms with Crippen molar-refractivity contribution in [3.63, 3.8) is 0 Å². The Morgan fingerprint density at radius 1 is 0.967 bits per heavy atom. The van der Waals surface area contributed by atoms with E-state index in [0.29, 0.717) is 31.7 Å². The molecule has 3 heterocycles. The van der Waals surface area contributed by atoms with Crippen LogP contribution in [0.4, 0.5) is 21.5 Å². The van der Waals surface area contributed by atoms with E-state index in [1.54, 1.807) is 12.1 Å². The predicted octanol–water partition coefficient (Wildman–Crippen LogP) is 3.10. The van der Waals surface area contributed by atoms with Gasteiger partial charge in [0.15, 0.2) is 0 Å². The summed E-state index contributed by atoms with van der Waals surface area (Å²) in [4.78, 5) is 31.7. The van der Waals surface area contributed by atoms with Gasteiger partial charge in [0.25, 0.3) is 5.91 Å². The lowest BCUT2D eigenvalue weighted by Crippen LogP contribution is -2.50. The molecule has 0 spiro atoms. The van der Waals surface area contributed by atoms with Crippen molar-refractivity contribution in [3.8, 4) is 0 Å². The van der Waals surface area contributed by atoms with Gasteiger partial charge < -0.3 is 20.0 Å². The largest absolute Gasteiger partial charge is 0.368 e. The number of hydrogen-bond donors (Lipinski definition) is 1.